The summed E-state index contributed by atoms with van der Waals surface area (Å²) in [5.74, 6) is 1.17. The van der Waals surface area contributed by atoms with E-state index in [-0.39, 0.29) is 0 Å². The van der Waals surface area contributed by atoms with Gasteiger partial charge in [0.25, 0.3) is 0 Å². The number of ether oxygens (including phenoxy) is 1. The summed E-state index contributed by atoms with van der Waals surface area (Å²) in [6, 6.07) is 12.5. The van der Waals surface area contributed by atoms with Crippen LogP contribution in [0.25, 0.3) is 0 Å². The van der Waals surface area contributed by atoms with Gasteiger partial charge in [0.15, 0.2) is 0 Å². The number of hydrogen-bond acceptors (Lipinski definition) is 3. The van der Waals surface area contributed by atoms with E-state index in [1.54, 1.807) is 25.3 Å². The van der Waals surface area contributed by atoms with Crippen LogP contribution < -0.4 is 10.5 Å². The van der Waals surface area contributed by atoms with Crippen molar-refractivity contribution in [3.63, 3.8) is 0 Å². The van der Waals surface area contributed by atoms with E-state index in [0.29, 0.717) is 21.4 Å². The highest BCUT2D eigenvalue weighted by Gasteiger charge is 2.09. The number of anilines is 1. The number of nitrogens with two attached hydrogens (primary N) is 1. The van der Waals surface area contributed by atoms with Crippen LogP contribution >= 0.6 is 11.6 Å². The molecule has 2 aromatic rings. The Bertz CT molecular complexity index is 599. The lowest BCUT2D eigenvalue weighted by molar-refractivity contribution is 0.414. The minimum atomic E-state index is -1.22. The Hall–Kier alpha value is -1.52. The zero-order valence-corrected chi connectivity index (χ0v) is 12.0. The van der Waals surface area contributed by atoms with Crippen molar-refractivity contribution in [3.8, 4) is 5.75 Å². The molecule has 1 atom stereocenters. The molecular formula is C14H14ClNO2S. The normalized spacial score (nSPS) is 12.1. The monoisotopic (exact) mass is 295 g/mol. The molecule has 1 unspecified atom stereocenters. The maximum atomic E-state index is 12.3. The predicted molar refractivity (Wildman–Crippen MR) is 79.0 cm³/mol. The summed E-state index contributed by atoms with van der Waals surface area (Å²) in [6.07, 6.45) is 0. The van der Waals surface area contributed by atoms with Crippen LogP contribution in [0.2, 0.25) is 5.02 Å². The highest BCUT2D eigenvalue weighted by molar-refractivity contribution is 7.84. The Morgan fingerprint density at radius 2 is 1.89 bits per heavy atom. The first kappa shape index (κ1) is 13.9. The van der Waals surface area contributed by atoms with Crippen LogP contribution in [-0.2, 0) is 16.6 Å². The van der Waals surface area contributed by atoms with Gasteiger partial charge in [-0.2, -0.15) is 0 Å². The lowest BCUT2D eigenvalue weighted by Crippen LogP contribution is -2.01. The van der Waals surface area contributed by atoms with Crippen molar-refractivity contribution < 1.29 is 8.95 Å². The zero-order valence-electron chi connectivity index (χ0n) is 10.4. The van der Waals surface area contributed by atoms with E-state index in [1.165, 1.54) is 0 Å². The van der Waals surface area contributed by atoms with Gasteiger partial charge in [0.05, 0.1) is 28.6 Å². The number of halogens is 1. The van der Waals surface area contributed by atoms with E-state index < -0.39 is 10.8 Å². The van der Waals surface area contributed by atoms with Crippen LogP contribution in [0.4, 0.5) is 5.69 Å². The van der Waals surface area contributed by atoms with E-state index in [4.69, 9.17) is 22.1 Å². The Kier molecular flexibility index (Phi) is 4.45. The van der Waals surface area contributed by atoms with Crippen molar-refractivity contribution in [3.05, 3.63) is 53.1 Å². The first-order valence-electron chi connectivity index (χ1n) is 5.66. The molecular weight excluding hydrogens is 282 g/mol. The zero-order chi connectivity index (χ0) is 13.8. The third-order valence-corrected chi connectivity index (χ3v) is 4.35. The first-order valence-corrected chi connectivity index (χ1v) is 7.36. The van der Waals surface area contributed by atoms with Gasteiger partial charge in [0, 0.05) is 10.7 Å². The smallest absolute Gasteiger partial charge is 0.118 e. The highest BCUT2D eigenvalue weighted by Crippen LogP contribution is 2.23. The second-order valence-electron chi connectivity index (χ2n) is 4.02. The molecule has 2 rings (SSSR count). The fourth-order valence-electron chi connectivity index (χ4n) is 1.66. The van der Waals surface area contributed by atoms with Crippen LogP contribution in [0, 0.1) is 0 Å². The molecule has 0 aromatic heterocycles. The first-order chi connectivity index (χ1) is 9.10. The van der Waals surface area contributed by atoms with Crippen LogP contribution in [0.15, 0.2) is 47.4 Å². The molecule has 0 aliphatic rings. The number of rotatable bonds is 4. The molecule has 0 heterocycles. The minimum absolute atomic E-state index is 0.397. The molecule has 5 heteroatoms. The van der Waals surface area contributed by atoms with Crippen molar-refractivity contribution in [1.29, 1.82) is 0 Å². The summed E-state index contributed by atoms with van der Waals surface area (Å²) in [5.41, 5.74) is 7.27. The van der Waals surface area contributed by atoms with Gasteiger partial charge in [-0.1, -0.05) is 23.7 Å². The van der Waals surface area contributed by atoms with Gasteiger partial charge in [0.2, 0.25) is 0 Å². The summed E-state index contributed by atoms with van der Waals surface area (Å²) in [6.45, 7) is 0. The summed E-state index contributed by atoms with van der Waals surface area (Å²) in [7, 11) is 0.396. The fourth-order valence-corrected chi connectivity index (χ4v) is 3.13. The largest absolute Gasteiger partial charge is 0.497 e. The van der Waals surface area contributed by atoms with Crippen LogP contribution in [-0.4, -0.2) is 11.3 Å². The van der Waals surface area contributed by atoms with Crippen molar-refractivity contribution in [2.75, 3.05) is 12.8 Å². The van der Waals surface area contributed by atoms with Crippen LogP contribution in [0.1, 0.15) is 5.56 Å². The van der Waals surface area contributed by atoms with Crippen molar-refractivity contribution in [2.45, 2.75) is 10.6 Å². The number of benzene rings is 2. The van der Waals surface area contributed by atoms with Gasteiger partial charge in [-0.05, 0) is 35.9 Å². The summed E-state index contributed by atoms with van der Waals surface area (Å²) >= 11 is 5.90. The van der Waals surface area contributed by atoms with Crippen molar-refractivity contribution in [2.24, 2.45) is 0 Å². The van der Waals surface area contributed by atoms with Crippen LogP contribution in [0.3, 0.4) is 0 Å². The molecule has 0 fully saturated rings. The lowest BCUT2D eigenvalue weighted by Gasteiger charge is -2.07. The molecule has 100 valence electrons. The molecule has 0 saturated carbocycles. The molecule has 0 spiro atoms. The quantitative estimate of drug-likeness (QED) is 0.881. The Labute approximate surface area is 119 Å². The molecule has 0 amide bonds. The second-order valence-corrected chi connectivity index (χ2v) is 5.88. The lowest BCUT2D eigenvalue weighted by atomic mass is 10.2. The predicted octanol–water partition coefficient (Wildman–Crippen LogP) is 3.24. The van der Waals surface area contributed by atoms with E-state index in [0.717, 1.165) is 11.3 Å². The van der Waals surface area contributed by atoms with Crippen LogP contribution in [0.5, 0.6) is 5.75 Å². The molecule has 0 aliphatic heterocycles. The van der Waals surface area contributed by atoms with Gasteiger partial charge in [-0.3, -0.25) is 4.21 Å². The molecule has 0 radical (unpaired) electrons. The minimum Gasteiger partial charge on any atom is -0.497 e. The van der Waals surface area contributed by atoms with E-state index in [2.05, 4.69) is 0 Å². The molecule has 0 saturated heterocycles. The molecule has 0 aliphatic carbocycles. The number of methoxy groups -OCH3 is 1. The van der Waals surface area contributed by atoms with Gasteiger partial charge >= 0.3 is 0 Å². The van der Waals surface area contributed by atoms with E-state index >= 15 is 0 Å². The van der Waals surface area contributed by atoms with Crippen molar-refractivity contribution >= 4 is 28.1 Å². The van der Waals surface area contributed by atoms with Crippen molar-refractivity contribution in [1.82, 2.24) is 0 Å². The van der Waals surface area contributed by atoms with Gasteiger partial charge in [-0.25, -0.2) is 0 Å². The van der Waals surface area contributed by atoms with E-state index in [1.807, 2.05) is 24.3 Å². The number of nitrogen functional groups attached to an aromatic ring is 1. The molecule has 0 bridgehead atoms. The Morgan fingerprint density at radius 3 is 2.53 bits per heavy atom. The van der Waals surface area contributed by atoms with Gasteiger partial charge < -0.3 is 10.5 Å². The third kappa shape index (κ3) is 3.49. The number of hydrogen-bond donors (Lipinski definition) is 1. The summed E-state index contributed by atoms with van der Waals surface area (Å²) in [5, 5.41) is 0.535. The average molecular weight is 296 g/mol. The second kappa shape index (κ2) is 6.08. The molecule has 3 nitrogen and oxygen atoms in total. The SMILES string of the molecule is COc1ccc(CS(=O)c2cc(Cl)ccc2N)cc1. The maximum absolute atomic E-state index is 12.3. The molecule has 2 N–H and O–H groups in total. The average Bonchev–Trinajstić information content (AvgIpc) is 2.42. The Balaban J connectivity index is 2.18. The van der Waals surface area contributed by atoms with E-state index in [9.17, 15) is 4.21 Å². The maximum Gasteiger partial charge on any atom is 0.118 e. The fraction of sp³-hybridized carbons (Fsp3) is 0.143. The molecule has 2 aromatic carbocycles. The third-order valence-electron chi connectivity index (χ3n) is 2.68. The standard InChI is InChI=1S/C14H14ClNO2S/c1-18-12-5-2-10(3-6-12)9-19(17)14-8-11(15)4-7-13(14)16/h2-8H,9,16H2,1H3. The van der Waals surface area contributed by atoms with Gasteiger partial charge in [-0.15, -0.1) is 0 Å². The van der Waals surface area contributed by atoms with Gasteiger partial charge in [0.1, 0.15) is 5.75 Å². The Morgan fingerprint density at radius 1 is 1.21 bits per heavy atom. The summed E-state index contributed by atoms with van der Waals surface area (Å²) < 4.78 is 17.4. The topological polar surface area (TPSA) is 52.3 Å². The summed E-state index contributed by atoms with van der Waals surface area (Å²) in [4.78, 5) is 0.573. The highest BCUT2D eigenvalue weighted by atomic mass is 35.5. The molecule has 19 heavy (non-hydrogen) atoms.